The normalized spacial score (nSPS) is 14.5. The number of carbonyl (C=O) groups excluding carboxylic acids is 2. The van der Waals surface area contributed by atoms with Gasteiger partial charge in [0, 0.05) is 11.3 Å². The number of hydrogen-bond acceptors (Lipinski definition) is 8. The van der Waals surface area contributed by atoms with Gasteiger partial charge in [-0.1, -0.05) is 48.5 Å². The first kappa shape index (κ1) is 32.5. The van der Waals surface area contributed by atoms with Gasteiger partial charge in [0.2, 0.25) is 0 Å². The van der Waals surface area contributed by atoms with Crippen LogP contribution >= 0.6 is 28.1 Å². The number of carbonyl (C=O) groups is 2. The Kier molecular flexibility index (Phi) is 11.7. The fourth-order valence-corrected chi connectivity index (χ4v) is 5.25. The van der Waals surface area contributed by atoms with Crippen molar-refractivity contribution in [2.45, 2.75) is 33.4 Å². The molecule has 12 heteroatoms. The van der Waals surface area contributed by atoms with Crippen LogP contribution in [0.4, 0.5) is 0 Å². The van der Waals surface area contributed by atoms with Gasteiger partial charge in [-0.25, -0.2) is 10.2 Å². The second-order valence-corrected chi connectivity index (χ2v) is 10.7. The van der Waals surface area contributed by atoms with Crippen LogP contribution < -0.4 is 30.3 Å². The molecule has 4 rings (SSSR count). The maximum atomic E-state index is 12.8. The second-order valence-electron chi connectivity index (χ2n) is 9.45. The van der Waals surface area contributed by atoms with Crippen LogP contribution in [0.5, 0.6) is 17.2 Å². The Morgan fingerprint density at radius 1 is 1.00 bits per heavy atom. The second kappa shape index (κ2) is 15.9. The van der Waals surface area contributed by atoms with Crippen LogP contribution in [0.2, 0.25) is 0 Å². The molecule has 1 aliphatic rings. The van der Waals surface area contributed by atoms with Gasteiger partial charge < -0.3 is 29.6 Å². The Morgan fingerprint density at radius 2 is 1.75 bits per heavy atom. The van der Waals surface area contributed by atoms with Gasteiger partial charge in [-0.05, 0) is 78.2 Å². The van der Waals surface area contributed by atoms with Gasteiger partial charge >= 0.3 is 5.97 Å². The fraction of sp³-hybridized carbons (Fsp3) is 0.250. The molecule has 0 radical (unpaired) electrons. The molecule has 0 spiro atoms. The first-order valence-electron chi connectivity index (χ1n) is 13.9. The van der Waals surface area contributed by atoms with Crippen molar-refractivity contribution in [1.82, 2.24) is 16.1 Å². The molecule has 10 nitrogen and oxygen atoms in total. The highest BCUT2D eigenvalue weighted by Crippen LogP contribution is 2.37. The summed E-state index contributed by atoms with van der Waals surface area (Å²) in [6.07, 6.45) is 1.50. The van der Waals surface area contributed by atoms with Crippen LogP contribution in [0.25, 0.3) is 0 Å². The zero-order chi connectivity index (χ0) is 31.5. The van der Waals surface area contributed by atoms with Crippen LogP contribution in [0.1, 0.15) is 43.5 Å². The summed E-state index contributed by atoms with van der Waals surface area (Å²) < 4.78 is 23.6. The number of nitrogens with zero attached hydrogens (tertiary/aromatic N) is 1. The smallest absolute Gasteiger partial charge is 0.338 e. The number of allylic oxidation sites excluding steroid dienone is 1. The lowest BCUT2D eigenvalue weighted by atomic mass is 9.95. The van der Waals surface area contributed by atoms with Gasteiger partial charge in [-0.3, -0.25) is 4.79 Å². The first-order chi connectivity index (χ1) is 21.3. The van der Waals surface area contributed by atoms with E-state index in [-0.39, 0.29) is 13.2 Å². The average molecular weight is 682 g/mol. The largest absolute Gasteiger partial charge is 0.490 e. The Labute approximate surface area is 269 Å². The van der Waals surface area contributed by atoms with Crippen molar-refractivity contribution in [3.63, 3.8) is 0 Å². The van der Waals surface area contributed by atoms with Crippen LogP contribution in [-0.4, -0.2) is 43.0 Å². The monoisotopic (exact) mass is 680 g/mol. The Bertz CT molecular complexity index is 1560. The third-order valence-electron chi connectivity index (χ3n) is 6.31. The standard InChI is InChI=1S/C32H33BrN4O6S/c1-4-40-26-16-22(15-24(33)30(26)43-18-21-11-7-6-8-12-21)17-34-37-27(38)19-42-25-14-10-9-13-23(25)29-28(31(39)41-5-2)20(3)35-32(44)36-29/h6-17,29H,4-5,18-19H2,1-3H3,(H,37,38)(H2,35,36,44)/t29-/m0/s1. The minimum Gasteiger partial charge on any atom is -0.490 e. The van der Waals surface area contributed by atoms with Crippen LogP contribution in [0.15, 0.2) is 87.6 Å². The Hall–Kier alpha value is -4.42. The number of hydrogen-bond donors (Lipinski definition) is 3. The van der Waals surface area contributed by atoms with E-state index in [1.807, 2.05) is 49.4 Å². The lowest BCUT2D eigenvalue weighted by molar-refractivity contribution is -0.139. The van der Waals surface area contributed by atoms with E-state index in [2.05, 4.69) is 37.1 Å². The number of benzene rings is 3. The van der Waals surface area contributed by atoms with Crippen molar-refractivity contribution in [3.8, 4) is 17.2 Å². The molecule has 230 valence electrons. The minimum absolute atomic E-state index is 0.224. The summed E-state index contributed by atoms with van der Waals surface area (Å²) in [7, 11) is 0. The van der Waals surface area contributed by atoms with Crippen molar-refractivity contribution in [3.05, 3.63) is 99.2 Å². The molecule has 0 aromatic heterocycles. The summed E-state index contributed by atoms with van der Waals surface area (Å²) in [6.45, 7) is 6.11. The molecule has 3 aromatic rings. The predicted molar refractivity (Wildman–Crippen MR) is 175 cm³/mol. The molecule has 1 heterocycles. The highest BCUT2D eigenvalue weighted by molar-refractivity contribution is 9.10. The van der Waals surface area contributed by atoms with Crippen molar-refractivity contribution in [2.75, 3.05) is 19.8 Å². The van der Waals surface area contributed by atoms with Gasteiger partial charge in [-0.2, -0.15) is 5.10 Å². The number of esters is 1. The molecule has 0 bridgehead atoms. The fourth-order valence-electron chi connectivity index (χ4n) is 4.41. The number of ether oxygens (including phenoxy) is 4. The van der Waals surface area contributed by atoms with E-state index in [1.165, 1.54) is 6.21 Å². The number of rotatable bonds is 13. The predicted octanol–water partition coefficient (Wildman–Crippen LogP) is 5.31. The first-order valence-corrected chi connectivity index (χ1v) is 15.1. The zero-order valence-corrected chi connectivity index (χ0v) is 26.9. The number of thiocarbonyl (C=S) groups is 1. The summed E-state index contributed by atoms with van der Waals surface area (Å²) >= 11 is 8.88. The van der Waals surface area contributed by atoms with Crippen molar-refractivity contribution < 1.29 is 28.5 Å². The van der Waals surface area contributed by atoms with E-state index in [4.69, 9.17) is 31.2 Å². The average Bonchev–Trinajstić information content (AvgIpc) is 3.00. The molecule has 44 heavy (non-hydrogen) atoms. The molecule has 0 unspecified atom stereocenters. The lowest BCUT2D eigenvalue weighted by Crippen LogP contribution is -2.45. The molecule has 0 saturated heterocycles. The van der Waals surface area contributed by atoms with Crippen LogP contribution in [0, 0.1) is 0 Å². The molecule has 1 atom stereocenters. The minimum atomic E-state index is -0.627. The van der Waals surface area contributed by atoms with Crippen molar-refractivity contribution >= 4 is 51.4 Å². The molecule has 1 amide bonds. The summed E-state index contributed by atoms with van der Waals surface area (Å²) in [5, 5.41) is 10.5. The molecular weight excluding hydrogens is 648 g/mol. The number of hydrazone groups is 1. The van der Waals surface area contributed by atoms with E-state index in [1.54, 1.807) is 38.1 Å². The molecule has 3 aromatic carbocycles. The van der Waals surface area contributed by atoms with E-state index in [9.17, 15) is 9.59 Å². The van der Waals surface area contributed by atoms with Crippen LogP contribution in [-0.2, 0) is 20.9 Å². The molecule has 3 N–H and O–H groups in total. The van der Waals surface area contributed by atoms with E-state index < -0.39 is 17.9 Å². The summed E-state index contributed by atoms with van der Waals surface area (Å²) in [6, 6.07) is 19.9. The summed E-state index contributed by atoms with van der Waals surface area (Å²) in [5.74, 6) is 0.565. The highest BCUT2D eigenvalue weighted by Gasteiger charge is 2.32. The molecule has 0 aliphatic carbocycles. The SMILES string of the molecule is CCOC(=O)C1=C(C)NC(=S)N[C@H]1c1ccccc1OCC(=O)NN=Cc1cc(Br)c(OCc2ccccc2)c(OCC)c1. The number of amides is 1. The van der Waals surface area contributed by atoms with E-state index in [0.717, 1.165) is 5.56 Å². The van der Waals surface area contributed by atoms with Gasteiger partial charge in [0.15, 0.2) is 23.2 Å². The highest BCUT2D eigenvalue weighted by atomic mass is 79.9. The van der Waals surface area contributed by atoms with Gasteiger partial charge in [0.25, 0.3) is 5.91 Å². The number of para-hydroxylation sites is 1. The van der Waals surface area contributed by atoms with Crippen molar-refractivity contribution in [1.29, 1.82) is 0 Å². The van der Waals surface area contributed by atoms with Crippen molar-refractivity contribution in [2.24, 2.45) is 5.10 Å². The number of halogens is 1. The third-order valence-corrected chi connectivity index (χ3v) is 7.12. The summed E-state index contributed by atoms with van der Waals surface area (Å²) in [4.78, 5) is 25.4. The van der Waals surface area contributed by atoms with Gasteiger partial charge in [-0.15, -0.1) is 0 Å². The zero-order valence-electron chi connectivity index (χ0n) is 24.5. The number of nitrogens with one attached hydrogen (secondary N) is 3. The molecule has 1 aliphatic heterocycles. The van der Waals surface area contributed by atoms with Gasteiger partial charge in [0.1, 0.15) is 12.4 Å². The molecular formula is C32H33BrN4O6S. The maximum absolute atomic E-state index is 12.8. The quantitative estimate of drug-likeness (QED) is 0.0955. The van der Waals surface area contributed by atoms with E-state index in [0.29, 0.717) is 62.4 Å². The molecule has 0 fully saturated rings. The topological polar surface area (TPSA) is 120 Å². The Balaban J connectivity index is 1.41. The Morgan fingerprint density at radius 3 is 2.50 bits per heavy atom. The van der Waals surface area contributed by atoms with Gasteiger partial charge in [0.05, 0.1) is 35.5 Å². The lowest BCUT2D eigenvalue weighted by Gasteiger charge is -2.30. The maximum Gasteiger partial charge on any atom is 0.338 e. The third kappa shape index (κ3) is 8.57. The van der Waals surface area contributed by atoms with E-state index >= 15 is 0 Å². The molecule has 0 saturated carbocycles. The summed E-state index contributed by atoms with van der Waals surface area (Å²) in [5.41, 5.74) is 5.76. The van der Waals surface area contributed by atoms with Crippen LogP contribution in [0.3, 0.4) is 0 Å².